The molecule has 2 aliphatic rings. The van der Waals surface area contributed by atoms with Crippen LogP contribution in [0.4, 0.5) is 4.39 Å². The van der Waals surface area contributed by atoms with Crippen molar-refractivity contribution in [3.8, 4) is 0 Å². The van der Waals surface area contributed by atoms with Crippen LogP contribution in [-0.4, -0.2) is 44.7 Å². The first-order chi connectivity index (χ1) is 16.0. The lowest BCUT2D eigenvalue weighted by atomic mass is 9.85. The number of fused-ring (bicyclic) bond motifs is 1. The molecule has 33 heavy (non-hydrogen) atoms. The van der Waals surface area contributed by atoms with E-state index in [9.17, 15) is 14.3 Å². The fraction of sp³-hybridized carbons (Fsp3) is 0.333. The minimum atomic E-state index is -0.499. The number of halogens is 1. The SMILES string of the molecule is CC1=C(c2ccccc2)C(CC(O)C2CCN(C(=O)c3ccccc3F)CC2)n2cncc21. The maximum Gasteiger partial charge on any atom is 0.256 e. The molecule has 1 N–H and O–H groups in total. The van der Waals surface area contributed by atoms with Crippen molar-refractivity contribution in [2.75, 3.05) is 13.1 Å². The first-order valence-corrected chi connectivity index (χ1v) is 11.5. The maximum absolute atomic E-state index is 14.0. The number of imidazole rings is 1. The quantitative estimate of drug-likeness (QED) is 0.613. The number of hydrogen-bond acceptors (Lipinski definition) is 3. The zero-order valence-corrected chi connectivity index (χ0v) is 18.7. The number of rotatable bonds is 5. The standard InChI is InChI=1S/C27H28FN3O2/c1-18-24-16-29-17-31(24)23(26(18)20-7-3-2-4-8-20)15-25(32)19-11-13-30(14-12-19)27(33)21-9-5-6-10-22(21)28/h2-10,16-17,19,23,25,32H,11-15H2,1H3. The Bertz CT molecular complexity index is 1180. The third-order valence-electron chi connectivity index (χ3n) is 7.15. The molecule has 5 rings (SSSR count). The molecule has 2 atom stereocenters. The average molecular weight is 446 g/mol. The minimum absolute atomic E-state index is 0.0259. The molecule has 3 heterocycles. The first-order valence-electron chi connectivity index (χ1n) is 11.5. The van der Waals surface area contributed by atoms with Crippen molar-refractivity contribution in [2.24, 2.45) is 5.92 Å². The van der Waals surface area contributed by atoms with Crippen LogP contribution in [0.2, 0.25) is 0 Å². The van der Waals surface area contributed by atoms with Crippen LogP contribution in [0, 0.1) is 11.7 Å². The van der Waals surface area contributed by atoms with Crippen LogP contribution in [0.5, 0.6) is 0 Å². The summed E-state index contributed by atoms with van der Waals surface area (Å²) in [7, 11) is 0. The third-order valence-corrected chi connectivity index (χ3v) is 7.15. The molecule has 1 amide bonds. The Labute approximate surface area is 193 Å². The number of benzene rings is 2. The van der Waals surface area contributed by atoms with Gasteiger partial charge in [0.15, 0.2) is 0 Å². The largest absolute Gasteiger partial charge is 0.393 e. The van der Waals surface area contributed by atoms with Gasteiger partial charge in [-0.1, -0.05) is 42.5 Å². The molecular weight excluding hydrogens is 417 g/mol. The Morgan fingerprint density at radius 3 is 2.55 bits per heavy atom. The van der Waals surface area contributed by atoms with Gasteiger partial charge in [-0.2, -0.15) is 0 Å². The van der Waals surface area contributed by atoms with Gasteiger partial charge in [-0.05, 0) is 60.9 Å². The van der Waals surface area contributed by atoms with Crippen LogP contribution in [0.1, 0.15) is 53.8 Å². The van der Waals surface area contributed by atoms with Crippen LogP contribution in [0.25, 0.3) is 11.1 Å². The summed E-state index contributed by atoms with van der Waals surface area (Å²) in [4.78, 5) is 18.8. The molecule has 5 nitrogen and oxygen atoms in total. The topological polar surface area (TPSA) is 58.4 Å². The first kappa shape index (κ1) is 21.6. The molecule has 170 valence electrons. The molecule has 2 aromatic carbocycles. The van der Waals surface area contributed by atoms with Crippen molar-refractivity contribution in [2.45, 2.75) is 38.3 Å². The summed E-state index contributed by atoms with van der Waals surface area (Å²) in [6, 6.07) is 16.5. The Balaban J connectivity index is 1.28. The third kappa shape index (κ3) is 4.00. The van der Waals surface area contributed by atoms with Crippen LogP contribution in [0.15, 0.2) is 67.1 Å². The van der Waals surface area contributed by atoms with Gasteiger partial charge in [0.1, 0.15) is 5.82 Å². The highest BCUT2D eigenvalue weighted by atomic mass is 19.1. The van der Waals surface area contributed by atoms with E-state index in [1.807, 2.05) is 30.7 Å². The normalized spacial score (nSPS) is 19.6. The Hall–Kier alpha value is -3.25. The molecule has 2 aliphatic heterocycles. The highest BCUT2D eigenvalue weighted by Crippen LogP contribution is 2.45. The van der Waals surface area contributed by atoms with E-state index < -0.39 is 11.9 Å². The molecule has 0 aliphatic carbocycles. The minimum Gasteiger partial charge on any atom is -0.393 e. The Morgan fingerprint density at radius 2 is 1.82 bits per heavy atom. The number of aliphatic hydroxyl groups is 1. The number of piperidine rings is 1. The number of aliphatic hydroxyl groups excluding tert-OH is 1. The number of likely N-dealkylation sites (tertiary alicyclic amines) is 1. The van der Waals surface area contributed by atoms with E-state index in [1.165, 1.54) is 28.8 Å². The van der Waals surface area contributed by atoms with E-state index in [4.69, 9.17) is 0 Å². The summed E-state index contributed by atoms with van der Waals surface area (Å²) in [5, 5.41) is 11.2. The number of carbonyl (C=O) groups excluding carboxylic acids is 1. The average Bonchev–Trinajstić information content (AvgIpc) is 3.42. The van der Waals surface area contributed by atoms with Crippen LogP contribution in [0.3, 0.4) is 0 Å². The number of nitrogens with zero attached hydrogens (tertiary/aromatic N) is 3. The molecule has 6 heteroatoms. The summed E-state index contributed by atoms with van der Waals surface area (Å²) in [6.45, 7) is 3.17. The summed E-state index contributed by atoms with van der Waals surface area (Å²) in [6.07, 6.45) is 5.24. The highest BCUT2D eigenvalue weighted by Gasteiger charge is 2.35. The predicted octanol–water partition coefficient (Wildman–Crippen LogP) is 4.81. The van der Waals surface area contributed by atoms with Gasteiger partial charge in [-0.3, -0.25) is 4.79 Å². The van der Waals surface area contributed by atoms with Gasteiger partial charge in [0.2, 0.25) is 0 Å². The fourth-order valence-electron chi connectivity index (χ4n) is 5.34. The van der Waals surface area contributed by atoms with Gasteiger partial charge in [-0.15, -0.1) is 0 Å². The van der Waals surface area contributed by atoms with Crippen LogP contribution in [-0.2, 0) is 0 Å². The smallest absolute Gasteiger partial charge is 0.256 e. The van der Waals surface area contributed by atoms with Crippen LogP contribution >= 0.6 is 0 Å². The molecular formula is C27H28FN3O2. The van der Waals surface area contributed by atoms with E-state index in [-0.39, 0.29) is 23.4 Å². The second-order valence-electron chi connectivity index (χ2n) is 9.02. The van der Waals surface area contributed by atoms with Gasteiger partial charge in [-0.25, -0.2) is 9.37 Å². The van der Waals surface area contributed by atoms with E-state index in [0.29, 0.717) is 32.4 Å². The molecule has 1 fully saturated rings. The summed E-state index contributed by atoms with van der Waals surface area (Å²) in [5.74, 6) is -0.665. The molecule has 0 saturated carbocycles. The van der Waals surface area contributed by atoms with Crippen molar-refractivity contribution in [1.29, 1.82) is 0 Å². The molecule has 0 bridgehead atoms. The predicted molar refractivity (Wildman–Crippen MR) is 126 cm³/mol. The monoisotopic (exact) mass is 445 g/mol. The number of allylic oxidation sites excluding steroid dienone is 2. The molecule has 3 aromatic rings. The summed E-state index contributed by atoms with van der Waals surface area (Å²) < 4.78 is 16.2. The van der Waals surface area contributed by atoms with E-state index in [2.05, 4.69) is 28.6 Å². The maximum atomic E-state index is 14.0. The lowest BCUT2D eigenvalue weighted by Crippen LogP contribution is -2.42. The van der Waals surface area contributed by atoms with E-state index in [1.54, 1.807) is 17.0 Å². The van der Waals surface area contributed by atoms with Crippen LogP contribution < -0.4 is 0 Å². The van der Waals surface area contributed by atoms with E-state index in [0.717, 1.165) is 5.69 Å². The summed E-state index contributed by atoms with van der Waals surface area (Å²) >= 11 is 0. The lowest BCUT2D eigenvalue weighted by molar-refractivity contribution is 0.0400. The summed E-state index contributed by atoms with van der Waals surface area (Å²) in [5.41, 5.74) is 4.81. The molecule has 0 spiro atoms. The second-order valence-corrected chi connectivity index (χ2v) is 9.02. The lowest BCUT2D eigenvalue weighted by Gasteiger charge is -2.35. The number of aromatic nitrogens is 2. The van der Waals surface area contributed by atoms with Gasteiger partial charge in [0.05, 0.1) is 35.9 Å². The van der Waals surface area contributed by atoms with Gasteiger partial charge in [0.25, 0.3) is 5.91 Å². The van der Waals surface area contributed by atoms with Crippen molar-refractivity contribution in [1.82, 2.24) is 14.5 Å². The van der Waals surface area contributed by atoms with E-state index >= 15 is 0 Å². The highest BCUT2D eigenvalue weighted by molar-refractivity contribution is 5.95. The molecule has 2 unspecified atom stereocenters. The van der Waals surface area contributed by atoms with Crippen molar-refractivity contribution >= 4 is 17.1 Å². The van der Waals surface area contributed by atoms with Gasteiger partial charge in [0, 0.05) is 13.1 Å². The number of carbonyl (C=O) groups is 1. The fourth-order valence-corrected chi connectivity index (χ4v) is 5.34. The zero-order valence-electron chi connectivity index (χ0n) is 18.7. The van der Waals surface area contributed by atoms with Gasteiger partial charge >= 0.3 is 0 Å². The Morgan fingerprint density at radius 1 is 1.12 bits per heavy atom. The van der Waals surface area contributed by atoms with Crippen molar-refractivity contribution in [3.63, 3.8) is 0 Å². The Kier molecular flexibility index (Phi) is 5.85. The number of hydrogen-bond donors (Lipinski definition) is 1. The van der Waals surface area contributed by atoms with Crippen molar-refractivity contribution in [3.05, 3.63) is 89.8 Å². The second kappa shape index (κ2) is 8.94. The van der Waals surface area contributed by atoms with Crippen molar-refractivity contribution < 1.29 is 14.3 Å². The van der Waals surface area contributed by atoms with Gasteiger partial charge < -0.3 is 14.6 Å². The number of amides is 1. The molecule has 0 radical (unpaired) electrons. The zero-order chi connectivity index (χ0) is 22.9. The molecule has 1 saturated heterocycles. The molecule has 1 aromatic heterocycles.